The van der Waals surface area contributed by atoms with Gasteiger partial charge in [0.25, 0.3) is 10.1 Å². The molecule has 0 aliphatic heterocycles. The number of nitrogens with one attached hydrogen (secondary N) is 1. The van der Waals surface area contributed by atoms with Gasteiger partial charge in [-0.05, 0) is 17.5 Å². The summed E-state index contributed by atoms with van der Waals surface area (Å²) in [6, 6.07) is 18.1. The van der Waals surface area contributed by atoms with E-state index >= 15 is 0 Å². The average molecular weight is 377 g/mol. The van der Waals surface area contributed by atoms with Crippen molar-refractivity contribution in [3.05, 3.63) is 71.8 Å². The third-order valence-corrected chi connectivity index (χ3v) is 4.86. The molecular weight excluding hydrogens is 354 g/mol. The van der Waals surface area contributed by atoms with E-state index in [9.17, 15) is 13.2 Å². The number of hydrogen-bond acceptors (Lipinski definition) is 5. The maximum atomic E-state index is 12.2. The number of rotatable bonds is 9. The summed E-state index contributed by atoms with van der Waals surface area (Å²) in [7, 11) is -3.74. The van der Waals surface area contributed by atoms with Gasteiger partial charge in [0.05, 0.1) is 6.10 Å². The normalized spacial score (nSPS) is 12.3. The number of benzene rings is 2. The molecule has 7 heteroatoms. The third-order valence-electron chi connectivity index (χ3n) is 3.61. The van der Waals surface area contributed by atoms with Gasteiger partial charge in [-0.25, -0.2) is 4.79 Å². The van der Waals surface area contributed by atoms with Gasteiger partial charge >= 0.3 is 6.09 Å². The molecule has 1 unspecified atom stereocenters. The average Bonchev–Trinajstić information content (AvgIpc) is 2.64. The van der Waals surface area contributed by atoms with Crippen LogP contribution in [0.2, 0.25) is 0 Å². The Hall–Kier alpha value is -2.38. The highest BCUT2D eigenvalue weighted by Crippen LogP contribution is 2.11. The zero-order chi connectivity index (χ0) is 18.8. The summed E-state index contributed by atoms with van der Waals surface area (Å²) in [4.78, 5) is 11.8. The van der Waals surface area contributed by atoms with Crippen molar-refractivity contribution in [1.82, 2.24) is 5.32 Å². The molecule has 0 spiro atoms. The van der Waals surface area contributed by atoms with Crippen molar-refractivity contribution in [2.75, 3.05) is 6.54 Å². The van der Waals surface area contributed by atoms with Gasteiger partial charge < -0.3 is 10.1 Å². The van der Waals surface area contributed by atoms with Crippen molar-refractivity contribution in [3.63, 3.8) is 0 Å². The zero-order valence-corrected chi connectivity index (χ0v) is 15.4. The van der Waals surface area contributed by atoms with Gasteiger partial charge in [0.15, 0.2) is 0 Å². The van der Waals surface area contributed by atoms with Crippen LogP contribution in [0.5, 0.6) is 0 Å². The Labute approximate surface area is 154 Å². The molecule has 0 saturated heterocycles. The quantitative estimate of drug-likeness (QED) is 0.679. The fourth-order valence-corrected chi connectivity index (χ4v) is 3.52. The first-order valence-corrected chi connectivity index (χ1v) is 9.95. The molecule has 1 amide bonds. The van der Waals surface area contributed by atoms with Crippen LogP contribution in [0, 0.1) is 0 Å². The maximum absolute atomic E-state index is 12.2. The lowest BCUT2D eigenvalue weighted by Crippen LogP contribution is -2.35. The minimum absolute atomic E-state index is 0.0537. The van der Waals surface area contributed by atoms with Gasteiger partial charge in [0.1, 0.15) is 12.4 Å². The van der Waals surface area contributed by atoms with E-state index in [1.165, 1.54) is 0 Å². The van der Waals surface area contributed by atoms with Crippen molar-refractivity contribution in [3.8, 4) is 0 Å². The molecule has 2 rings (SSSR count). The lowest BCUT2D eigenvalue weighted by Gasteiger charge is -2.16. The van der Waals surface area contributed by atoms with Gasteiger partial charge in [-0.15, -0.1) is 0 Å². The fourth-order valence-electron chi connectivity index (χ4n) is 2.24. The summed E-state index contributed by atoms with van der Waals surface area (Å²) in [5.74, 6) is -0.206. The molecule has 2 aromatic carbocycles. The fraction of sp³-hybridized carbons (Fsp3) is 0.316. The predicted molar refractivity (Wildman–Crippen MR) is 98.9 cm³/mol. The molecule has 1 atom stereocenters. The predicted octanol–water partition coefficient (Wildman–Crippen LogP) is 3.24. The van der Waals surface area contributed by atoms with Crippen LogP contribution in [0.25, 0.3) is 0 Å². The molecule has 0 heterocycles. The van der Waals surface area contributed by atoms with E-state index < -0.39 is 22.3 Å². The van der Waals surface area contributed by atoms with Crippen molar-refractivity contribution in [2.45, 2.75) is 31.8 Å². The van der Waals surface area contributed by atoms with Crippen LogP contribution < -0.4 is 5.32 Å². The Morgan fingerprint density at radius 2 is 1.58 bits per heavy atom. The number of hydrogen-bond donors (Lipinski definition) is 1. The minimum atomic E-state index is -3.74. The molecular formula is C19H23NO5S. The highest BCUT2D eigenvalue weighted by atomic mass is 32.2. The third kappa shape index (κ3) is 7.25. The monoisotopic (exact) mass is 377 g/mol. The Bertz CT molecular complexity index is 778. The summed E-state index contributed by atoms with van der Waals surface area (Å²) >= 11 is 0. The van der Waals surface area contributed by atoms with E-state index in [1.807, 2.05) is 36.4 Å². The SMILES string of the molecule is CCC(CNC(=O)OCc1ccccc1)OS(=O)(=O)Cc1ccccc1. The number of carbonyl (C=O) groups excluding carboxylic acids is 1. The first kappa shape index (κ1) is 19.9. The van der Waals surface area contributed by atoms with E-state index in [0.717, 1.165) is 5.56 Å². The van der Waals surface area contributed by atoms with Crippen molar-refractivity contribution in [1.29, 1.82) is 0 Å². The van der Waals surface area contributed by atoms with Crippen LogP contribution >= 0.6 is 0 Å². The van der Waals surface area contributed by atoms with Gasteiger partial charge in [-0.3, -0.25) is 4.18 Å². The molecule has 0 fully saturated rings. The lowest BCUT2D eigenvalue weighted by molar-refractivity contribution is 0.130. The lowest BCUT2D eigenvalue weighted by atomic mass is 10.2. The van der Waals surface area contributed by atoms with Crippen molar-refractivity contribution in [2.24, 2.45) is 0 Å². The summed E-state index contributed by atoms with van der Waals surface area (Å²) in [6.45, 7) is 1.99. The molecule has 140 valence electrons. The summed E-state index contributed by atoms with van der Waals surface area (Å²) in [5.41, 5.74) is 1.52. The van der Waals surface area contributed by atoms with E-state index in [0.29, 0.717) is 12.0 Å². The minimum Gasteiger partial charge on any atom is -0.445 e. The van der Waals surface area contributed by atoms with E-state index in [4.69, 9.17) is 8.92 Å². The molecule has 0 radical (unpaired) electrons. The smallest absolute Gasteiger partial charge is 0.407 e. The summed E-state index contributed by atoms with van der Waals surface area (Å²) in [5, 5.41) is 2.54. The molecule has 0 aliphatic carbocycles. The highest BCUT2D eigenvalue weighted by molar-refractivity contribution is 7.85. The van der Waals surface area contributed by atoms with Crippen molar-refractivity contribution < 1.29 is 22.1 Å². The Morgan fingerprint density at radius 3 is 2.15 bits per heavy atom. The molecule has 0 aromatic heterocycles. The van der Waals surface area contributed by atoms with Gasteiger partial charge in [-0.2, -0.15) is 8.42 Å². The first-order valence-electron chi connectivity index (χ1n) is 8.38. The van der Waals surface area contributed by atoms with E-state index in [-0.39, 0.29) is 18.9 Å². The molecule has 2 aromatic rings. The van der Waals surface area contributed by atoms with Crippen molar-refractivity contribution >= 4 is 16.2 Å². The second-order valence-corrected chi connectivity index (χ2v) is 7.35. The zero-order valence-electron chi connectivity index (χ0n) is 14.6. The van der Waals surface area contributed by atoms with Crippen LogP contribution in [0.15, 0.2) is 60.7 Å². The summed E-state index contributed by atoms with van der Waals surface area (Å²) < 4.78 is 34.6. The number of amides is 1. The molecule has 0 aliphatic rings. The first-order chi connectivity index (χ1) is 12.5. The number of carbonyl (C=O) groups is 1. The molecule has 26 heavy (non-hydrogen) atoms. The van der Waals surface area contributed by atoms with Gasteiger partial charge in [0, 0.05) is 6.54 Å². The topological polar surface area (TPSA) is 81.7 Å². The van der Waals surface area contributed by atoms with Crippen LogP contribution in [-0.2, 0) is 31.4 Å². The molecule has 0 bridgehead atoms. The standard InChI is InChI=1S/C19H23NO5S/c1-2-18(25-26(22,23)15-17-11-7-4-8-12-17)13-20-19(21)24-14-16-9-5-3-6-10-16/h3-12,18H,2,13-15H2,1H3,(H,20,21). The largest absolute Gasteiger partial charge is 0.445 e. The van der Waals surface area contributed by atoms with Crippen LogP contribution in [0.3, 0.4) is 0 Å². The molecule has 0 saturated carbocycles. The number of ether oxygens (including phenoxy) is 1. The highest BCUT2D eigenvalue weighted by Gasteiger charge is 2.20. The second-order valence-electron chi connectivity index (χ2n) is 5.76. The summed E-state index contributed by atoms with van der Waals surface area (Å²) in [6.07, 6.45) is -0.822. The van der Waals surface area contributed by atoms with Crippen LogP contribution in [-0.4, -0.2) is 27.2 Å². The Balaban J connectivity index is 1.78. The Morgan fingerprint density at radius 1 is 1.00 bits per heavy atom. The Kier molecular flexibility index (Phi) is 7.62. The van der Waals surface area contributed by atoms with E-state index in [2.05, 4.69) is 5.32 Å². The van der Waals surface area contributed by atoms with Crippen LogP contribution in [0.4, 0.5) is 4.79 Å². The van der Waals surface area contributed by atoms with Gasteiger partial charge in [0.2, 0.25) is 0 Å². The van der Waals surface area contributed by atoms with Crippen LogP contribution in [0.1, 0.15) is 24.5 Å². The maximum Gasteiger partial charge on any atom is 0.407 e. The molecule has 1 N–H and O–H groups in total. The molecule has 6 nitrogen and oxygen atoms in total. The van der Waals surface area contributed by atoms with Gasteiger partial charge in [-0.1, -0.05) is 67.6 Å². The second kappa shape index (κ2) is 9.94. The van der Waals surface area contributed by atoms with E-state index in [1.54, 1.807) is 31.2 Å². The number of alkyl carbamates (subject to hydrolysis) is 1.